The molecule has 0 spiro atoms. The fourth-order valence-electron chi connectivity index (χ4n) is 2.87. The SMILES string of the molecule is C=CCC/C(=N\NC)c1ccc(NCC2CNC(=C)C2)c(CF)c1. The summed E-state index contributed by atoms with van der Waals surface area (Å²) in [5.41, 5.74) is 7.28. The summed E-state index contributed by atoms with van der Waals surface area (Å²) in [6.07, 6.45) is 4.44. The molecule has 0 saturated carbocycles. The summed E-state index contributed by atoms with van der Waals surface area (Å²) in [5.74, 6) is 0.499. The summed E-state index contributed by atoms with van der Waals surface area (Å²) in [5, 5.41) is 10.9. The van der Waals surface area contributed by atoms with E-state index in [1.165, 1.54) is 0 Å². The highest BCUT2D eigenvalue weighted by atomic mass is 19.1. The average Bonchev–Trinajstić information content (AvgIpc) is 3.02. The van der Waals surface area contributed by atoms with Crippen molar-refractivity contribution in [3.63, 3.8) is 0 Å². The maximum Gasteiger partial charge on any atom is 0.117 e. The van der Waals surface area contributed by atoms with E-state index in [9.17, 15) is 4.39 Å². The lowest BCUT2D eigenvalue weighted by Crippen LogP contribution is -2.18. The van der Waals surface area contributed by atoms with Gasteiger partial charge in [0.2, 0.25) is 0 Å². The lowest BCUT2D eigenvalue weighted by Gasteiger charge is -2.15. The summed E-state index contributed by atoms with van der Waals surface area (Å²) in [6, 6.07) is 5.82. The first-order chi connectivity index (χ1) is 11.7. The Kier molecular flexibility index (Phi) is 6.85. The largest absolute Gasteiger partial charge is 0.388 e. The number of halogens is 1. The first kappa shape index (κ1) is 18.0. The van der Waals surface area contributed by atoms with E-state index in [0.29, 0.717) is 11.5 Å². The summed E-state index contributed by atoms with van der Waals surface area (Å²) < 4.78 is 13.5. The Balaban J connectivity index is 2.09. The molecule has 1 unspecified atom stereocenters. The van der Waals surface area contributed by atoms with Crippen molar-refractivity contribution in [2.75, 3.05) is 25.5 Å². The van der Waals surface area contributed by atoms with Crippen LogP contribution in [0.15, 0.2) is 48.2 Å². The van der Waals surface area contributed by atoms with Crippen molar-refractivity contribution < 1.29 is 4.39 Å². The Hall–Kier alpha value is -2.30. The molecule has 1 aromatic rings. The van der Waals surface area contributed by atoms with Crippen LogP contribution in [0.5, 0.6) is 0 Å². The van der Waals surface area contributed by atoms with Crippen LogP contribution >= 0.6 is 0 Å². The van der Waals surface area contributed by atoms with E-state index in [2.05, 4.69) is 34.3 Å². The number of anilines is 1. The van der Waals surface area contributed by atoms with E-state index in [4.69, 9.17) is 0 Å². The molecule has 1 fully saturated rings. The first-order valence-electron chi connectivity index (χ1n) is 8.37. The van der Waals surface area contributed by atoms with Gasteiger partial charge in [0, 0.05) is 37.1 Å². The molecule has 130 valence electrons. The van der Waals surface area contributed by atoms with Gasteiger partial charge >= 0.3 is 0 Å². The van der Waals surface area contributed by atoms with Crippen LogP contribution < -0.4 is 16.1 Å². The van der Waals surface area contributed by atoms with Crippen LogP contribution in [0.3, 0.4) is 0 Å². The Bertz CT molecular complexity index is 609. The minimum atomic E-state index is -0.500. The fraction of sp³-hybridized carbons (Fsp3) is 0.421. The standard InChI is InChI=1S/C19H27FN4/c1-4-5-6-19(24-21-3)16-7-8-18(17(10-16)11-20)23-13-15-9-14(2)22-12-15/h4,7-8,10,15,21-23H,1-2,5-6,9,11-13H2,3H3/b24-19+. The summed E-state index contributed by atoms with van der Waals surface area (Å²) in [6.45, 7) is 8.92. The fourth-order valence-corrected chi connectivity index (χ4v) is 2.87. The van der Waals surface area contributed by atoms with Gasteiger partial charge in [-0.05, 0) is 42.9 Å². The maximum absolute atomic E-state index is 13.5. The number of alkyl halides is 1. The molecular weight excluding hydrogens is 303 g/mol. The van der Waals surface area contributed by atoms with Gasteiger partial charge in [0.1, 0.15) is 6.67 Å². The van der Waals surface area contributed by atoms with Gasteiger partial charge < -0.3 is 16.1 Å². The second-order valence-corrected chi connectivity index (χ2v) is 6.05. The zero-order chi connectivity index (χ0) is 17.4. The number of hydrogen-bond donors (Lipinski definition) is 3. The van der Waals surface area contributed by atoms with E-state index in [0.717, 1.165) is 55.0 Å². The van der Waals surface area contributed by atoms with Crippen molar-refractivity contribution in [2.45, 2.75) is 25.9 Å². The number of rotatable bonds is 9. The van der Waals surface area contributed by atoms with Crippen LogP contribution in [0, 0.1) is 5.92 Å². The van der Waals surface area contributed by atoms with Crippen molar-refractivity contribution in [1.82, 2.24) is 10.7 Å². The lowest BCUT2D eigenvalue weighted by atomic mass is 10.0. The molecule has 3 N–H and O–H groups in total. The van der Waals surface area contributed by atoms with Gasteiger partial charge in [-0.2, -0.15) is 5.10 Å². The lowest BCUT2D eigenvalue weighted by molar-refractivity contribution is 0.485. The van der Waals surface area contributed by atoms with Crippen LogP contribution in [0.25, 0.3) is 0 Å². The third kappa shape index (κ3) is 4.85. The molecule has 0 radical (unpaired) electrons. The van der Waals surface area contributed by atoms with E-state index in [1.54, 1.807) is 7.05 Å². The highest BCUT2D eigenvalue weighted by Gasteiger charge is 2.17. The molecule has 0 aliphatic carbocycles. The number of benzene rings is 1. The first-order valence-corrected chi connectivity index (χ1v) is 8.37. The molecule has 2 rings (SSSR count). The molecule has 1 aromatic carbocycles. The van der Waals surface area contributed by atoms with Crippen molar-refractivity contribution in [1.29, 1.82) is 0 Å². The number of hydrazone groups is 1. The normalized spacial score (nSPS) is 17.5. The molecule has 1 aliphatic rings. The quantitative estimate of drug-likeness (QED) is 0.368. The molecule has 1 heterocycles. The summed E-state index contributed by atoms with van der Waals surface area (Å²) >= 11 is 0. The van der Waals surface area contributed by atoms with Crippen LogP contribution in [0.2, 0.25) is 0 Å². The molecule has 5 heteroatoms. The Morgan fingerprint density at radius 2 is 2.33 bits per heavy atom. The zero-order valence-electron chi connectivity index (χ0n) is 14.4. The minimum Gasteiger partial charge on any atom is -0.388 e. The van der Waals surface area contributed by atoms with Gasteiger partial charge in [0.05, 0.1) is 5.71 Å². The number of hydrogen-bond acceptors (Lipinski definition) is 4. The van der Waals surface area contributed by atoms with Crippen LogP contribution in [-0.4, -0.2) is 25.8 Å². The summed E-state index contributed by atoms with van der Waals surface area (Å²) in [7, 11) is 1.77. The molecule has 0 bridgehead atoms. The van der Waals surface area contributed by atoms with Crippen molar-refractivity contribution in [3.05, 3.63) is 54.3 Å². The smallest absolute Gasteiger partial charge is 0.117 e. The predicted octanol–water partition coefficient (Wildman–Crippen LogP) is 3.58. The highest BCUT2D eigenvalue weighted by Crippen LogP contribution is 2.22. The van der Waals surface area contributed by atoms with Crippen LogP contribution in [0.4, 0.5) is 10.1 Å². The van der Waals surface area contributed by atoms with Gasteiger partial charge in [-0.1, -0.05) is 18.7 Å². The molecule has 1 atom stereocenters. The Morgan fingerprint density at radius 3 is 2.96 bits per heavy atom. The number of nitrogens with one attached hydrogen (secondary N) is 3. The highest BCUT2D eigenvalue weighted by molar-refractivity contribution is 6.01. The minimum absolute atomic E-state index is 0.499. The third-order valence-corrected chi connectivity index (χ3v) is 4.17. The van der Waals surface area contributed by atoms with Crippen LogP contribution in [-0.2, 0) is 6.67 Å². The molecule has 4 nitrogen and oxygen atoms in total. The Morgan fingerprint density at radius 1 is 1.50 bits per heavy atom. The Labute approximate surface area is 143 Å². The number of nitrogens with zero attached hydrogens (tertiary/aromatic N) is 1. The van der Waals surface area contributed by atoms with E-state index in [-0.39, 0.29) is 0 Å². The van der Waals surface area contributed by atoms with Gasteiger partial charge in [0.25, 0.3) is 0 Å². The van der Waals surface area contributed by atoms with Crippen molar-refractivity contribution in [3.8, 4) is 0 Å². The molecule has 0 aromatic heterocycles. The number of allylic oxidation sites excluding steroid dienone is 2. The second kappa shape index (κ2) is 9.11. The summed E-state index contributed by atoms with van der Waals surface area (Å²) in [4.78, 5) is 0. The van der Waals surface area contributed by atoms with Gasteiger partial charge in [-0.3, -0.25) is 0 Å². The molecule has 1 saturated heterocycles. The molecular formula is C19H27FN4. The maximum atomic E-state index is 13.5. The van der Waals surface area contributed by atoms with E-state index in [1.807, 2.05) is 24.3 Å². The van der Waals surface area contributed by atoms with Gasteiger partial charge in [-0.15, -0.1) is 6.58 Å². The second-order valence-electron chi connectivity index (χ2n) is 6.05. The van der Waals surface area contributed by atoms with Crippen LogP contribution in [0.1, 0.15) is 30.4 Å². The monoisotopic (exact) mass is 330 g/mol. The van der Waals surface area contributed by atoms with Gasteiger partial charge in [-0.25, -0.2) is 4.39 Å². The topological polar surface area (TPSA) is 48.5 Å². The predicted molar refractivity (Wildman–Crippen MR) is 100 cm³/mol. The zero-order valence-corrected chi connectivity index (χ0v) is 14.4. The van der Waals surface area contributed by atoms with Crippen molar-refractivity contribution >= 4 is 11.4 Å². The average molecular weight is 330 g/mol. The van der Waals surface area contributed by atoms with E-state index < -0.39 is 6.67 Å². The van der Waals surface area contributed by atoms with E-state index >= 15 is 0 Å². The third-order valence-electron chi connectivity index (χ3n) is 4.17. The van der Waals surface area contributed by atoms with Gasteiger partial charge in [0.15, 0.2) is 0 Å². The molecule has 0 amide bonds. The van der Waals surface area contributed by atoms with Crippen molar-refractivity contribution in [2.24, 2.45) is 11.0 Å². The molecule has 1 aliphatic heterocycles. The molecule has 24 heavy (non-hydrogen) atoms.